The van der Waals surface area contributed by atoms with Crippen LogP contribution >= 0.6 is 11.6 Å². The molecule has 0 bridgehead atoms. The van der Waals surface area contributed by atoms with Gasteiger partial charge in [0, 0.05) is 18.8 Å². The first-order chi connectivity index (χ1) is 11.1. The van der Waals surface area contributed by atoms with Crippen molar-refractivity contribution in [3.63, 3.8) is 0 Å². The number of nitrogens with two attached hydrogens (primary N) is 1. The van der Waals surface area contributed by atoms with Crippen molar-refractivity contribution in [1.29, 1.82) is 0 Å². The first-order valence-electron chi connectivity index (χ1n) is 7.74. The Morgan fingerprint density at radius 3 is 2.78 bits per heavy atom. The van der Waals surface area contributed by atoms with Crippen molar-refractivity contribution in [2.24, 2.45) is 5.92 Å². The fourth-order valence-electron chi connectivity index (χ4n) is 2.90. The number of nitrogens with zero attached hydrogens (tertiary/aromatic N) is 1. The van der Waals surface area contributed by atoms with Gasteiger partial charge in [-0.15, -0.1) is 0 Å². The third-order valence-corrected chi connectivity index (χ3v) is 4.46. The van der Waals surface area contributed by atoms with E-state index in [1.807, 2.05) is 18.2 Å². The molecule has 2 aromatic carbocycles. The number of amides is 1. The number of likely N-dealkylation sites (tertiary alicyclic amines) is 1. The van der Waals surface area contributed by atoms with Crippen LogP contribution < -0.4 is 11.1 Å². The number of rotatable bonds is 4. The van der Waals surface area contributed by atoms with Crippen molar-refractivity contribution in [2.45, 2.75) is 13.0 Å². The van der Waals surface area contributed by atoms with Crippen molar-refractivity contribution in [3.05, 3.63) is 59.1 Å². The number of nitrogen functional groups attached to an aromatic ring is 1. The highest BCUT2D eigenvalue weighted by Crippen LogP contribution is 2.26. The first-order valence-corrected chi connectivity index (χ1v) is 8.12. The summed E-state index contributed by atoms with van der Waals surface area (Å²) in [6.07, 6.45) is 0.866. The topological polar surface area (TPSA) is 58.4 Å². The van der Waals surface area contributed by atoms with Crippen LogP contribution in [-0.4, -0.2) is 23.9 Å². The maximum atomic E-state index is 12.4. The quantitative estimate of drug-likeness (QED) is 0.845. The zero-order chi connectivity index (χ0) is 16.2. The molecule has 0 spiro atoms. The summed E-state index contributed by atoms with van der Waals surface area (Å²) < 4.78 is 0. The van der Waals surface area contributed by atoms with Gasteiger partial charge in [-0.1, -0.05) is 41.9 Å². The van der Waals surface area contributed by atoms with Crippen molar-refractivity contribution in [1.82, 2.24) is 4.90 Å². The van der Waals surface area contributed by atoms with Gasteiger partial charge < -0.3 is 11.1 Å². The second kappa shape index (κ2) is 7.02. The van der Waals surface area contributed by atoms with Gasteiger partial charge in [0.05, 0.1) is 16.6 Å². The molecule has 1 saturated heterocycles. The molecule has 0 aromatic heterocycles. The minimum atomic E-state index is -0.00710. The first kappa shape index (κ1) is 15.8. The molecule has 1 amide bonds. The molecule has 0 radical (unpaired) electrons. The molecule has 5 heteroatoms. The van der Waals surface area contributed by atoms with Gasteiger partial charge in [0.15, 0.2) is 0 Å². The second-order valence-electron chi connectivity index (χ2n) is 5.93. The molecule has 1 unspecified atom stereocenters. The average molecular weight is 330 g/mol. The molecular formula is C18H20ClN3O. The van der Waals surface area contributed by atoms with E-state index < -0.39 is 0 Å². The molecule has 0 saturated carbocycles. The number of halogens is 1. The van der Waals surface area contributed by atoms with Gasteiger partial charge in [0.2, 0.25) is 5.91 Å². The Hall–Kier alpha value is -2.04. The lowest BCUT2D eigenvalue weighted by Crippen LogP contribution is -2.27. The molecule has 0 aliphatic carbocycles. The number of hydrogen-bond donors (Lipinski definition) is 2. The Morgan fingerprint density at radius 2 is 2.04 bits per heavy atom. The van der Waals surface area contributed by atoms with Crippen molar-refractivity contribution < 1.29 is 4.79 Å². The molecule has 1 aliphatic heterocycles. The predicted molar refractivity (Wildman–Crippen MR) is 94.3 cm³/mol. The summed E-state index contributed by atoms with van der Waals surface area (Å²) >= 11 is 6.11. The van der Waals surface area contributed by atoms with Crippen LogP contribution in [-0.2, 0) is 11.3 Å². The van der Waals surface area contributed by atoms with Crippen molar-refractivity contribution >= 4 is 28.9 Å². The fourth-order valence-corrected chi connectivity index (χ4v) is 3.14. The maximum absolute atomic E-state index is 12.4. The number of carbonyl (C=O) groups excluding carboxylic acids is 1. The highest BCUT2D eigenvalue weighted by molar-refractivity contribution is 6.34. The lowest BCUT2D eigenvalue weighted by atomic mass is 10.1. The molecule has 3 N–H and O–H groups in total. The van der Waals surface area contributed by atoms with E-state index >= 15 is 0 Å². The molecule has 1 heterocycles. The largest absolute Gasteiger partial charge is 0.399 e. The SMILES string of the molecule is Nc1ccc(NC(=O)C2CCN(Cc3ccccc3)C2)c(Cl)c1. The van der Waals surface area contributed by atoms with E-state index in [1.165, 1.54) is 5.56 Å². The van der Waals surface area contributed by atoms with Crippen LogP contribution in [0.1, 0.15) is 12.0 Å². The molecule has 23 heavy (non-hydrogen) atoms. The van der Waals surface area contributed by atoms with Crippen LogP contribution in [0.15, 0.2) is 48.5 Å². The predicted octanol–water partition coefficient (Wildman–Crippen LogP) is 3.38. The molecule has 4 nitrogen and oxygen atoms in total. The summed E-state index contributed by atoms with van der Waals surface area (Å²) in [5.74, 6) is 0.0135. The number of benzene rings is 2. The number of nitrogens with one attached hydrogen (secondary N) is 1. The lowest BCUT2D eigenvalue weighted by Gasteiger charge is -2.16. The summed E-state index contributed by atoms with van der Waals surface area (Å²) in [7, 11) is 0. The Bertz CT molecular complexity index is 690. The van der Waals surface area contributed by atoms with Gasteiger partial charge in [-0.25, -0.2) is 0 Å². The third-order valence-electron chi connectivity index (χ3n) is 4.14. The van der Waals surface area contributed by atoms with E-state index in [1.54, 1.807) is 18.2 Å². The third kappa shape index (κ3) is 4.03. The normalized spacial score (nSPS) is 18.0. The number of hydrogen-bond acceptors (Lipinski definition) is 3. The molecule has 120 valence electrons. The molecule has 2 aromatic rings. The Balaban J connectivity index is 1.57. The number of anilines is 2. The number of carbonyl (C=O) groups is 1. The summed E-state index contributed by atoms with van der Waals surface area (Å²) in [4.78, 5) is 14.7. The highest BCUT2D eigenvalue weighted by Gasteiger charge is 2.28. The summed E-state index contributed by atoms with van der Waals surface area (Å²) in [5.41, 5.74) is 8.15. The van der Waals surface area contributed by atoms with Gasteiger partial charge in [0.1, 0.15) is 0 Å². The van der Waals surface area contributed by atoms with E-state index in [-0.39, 0.29) is 11.8 Å². The van der Waals surface area contributed by atoms with Gasteiger partial charge in [0.25, 0.3) is 0 Å². The maximum Gasteiger partial charge on any atom is 0.228 e. The van der Waals surface area contributed by atoms with E-state index in [2.05, 4.69) is 22.3 Å². The molecule has 1 atom stereocenters. The van der Waals surface area contributed by atoms with E-state index in [0.717, 1.165) is 26.1 Å². The smallest absolute Gasteiger partial charge is 0.228 e. The minimum Gasteiger partial charge on any atom is -0.399 e. The minimum absolute atomic E-state index is 0.00710. The molecule has 3 rings (SSSR count). The average Bonchev–Trinajstić information content (AvgIpc) is 3.00. The summed E-state index contributed by atoms with van der Waals surface area (Å²) in [6.45, 7) is 2.59. The zero-order valence-electron chi connectivity index (χ0n) is 12.8. The van der Waals surface area contributed by atoms with E-state index in [0.29, 0.717) is 16.4 Å². The van der Waals surface area contributed by atoms with E-state index in [9.17, 15) is 4.79 Å². The van der Waals surface area contributed by atoms with Gasteiger partial charge in [-0.05, 0) is 36.7 Å². The van der Waals surface area contributed by atoms with Gasteiger partial charge >= 0.3 is 0 Å². The van der Waals surface area contributed by atoms with E-state index in [4.69, 9.17) is 17.3 Å². The Morgan fingerprint density at radius 1 is 1.26 bits per heavy atom. The van der Waals surface area contributed by atoms with Gasteiger partial charge in [-0.3, -0.25) is 9.69 Å². The van der Waals surface area contributed by atoms with Crippen LogP contribution in [0.3, 0.4) is 0 Å². The lowest BCUT2D eigenvalue weighted by molar-refractivity contribution is -0.119. The molecule has 1 aliphatic rings. The highest BCUT2D eigenvalue weighted by atomic mass is 35.5. The van der Waals surface area contributed by atoms with Crippen LogP contribution in [0.2, 0.25) is 5.02 Å². The summed E-state index contributed by atoms with van der Waals surface area (Å²) in [5, 5.41) is 3.38. The second-order valence-corrected chi connectivity index (χ2v) is 6.34. The van der Waals surface area contributed by atoms with Crippen LogP contribution in [0.4, 0.5) is 11.4 Å². The standard InChI is InChI=1S/C18H20ClN3O/c19-16-10-15(20)6-7-17(16)21-18(23)14-8-9-22(12-14)11-13-4-2-1-3-5-13/h1-7,10,14H,8-9,11-12,20H2,(H,21,23). The van der Waals surface area contributed by atoms with Crippen molar-refractivity contribution in [3.8, 4) is 0 Å². The van der Waals surface area contributed by atoms with Gasteiger partial charge in [-0.2, -0.15) is 0 Å². The summed E-state index contributed by atoms with van der Waals surface area (Å²) in [6, 6.07) is 15.4. The fraction of sp³-hybridized carbons (Fsp3) is 0.278. The molecule has 1 fully saturated rings. The van der Waals surface area contributed by atoms with Crippen LogP contribution in [0, 0.1) is 5.92 Å². The Labute approximate surface area is 141 Å². The monoisotopic (exact) mass is 329 g/mol. The zero-order valence-corrected chi connectivity index (χ0v) is 13.6. The van der Waals surface area contributed by atoms with Crippen LogP contribution in [0.25, 0.3) is 0 Å². The Kier molecular flexibility index (Phi) is 4.84. The van der Waals surface area contributed by atoms with Crippen molar-refractivity contribution in [2.75, 3.05) is 24.1 Å². The van der Waals surface area contributed by atoms with Crippen LogP contribution in [0.5, 0.6) is 0 Å². The molecular weight excluding hydrogens is 310 g/mol.